The third-order valence-electron chi connectivity index (χ3n) is 1.25. The first kappa shape index (κ1) is 8.53. The molecule has 0 saturated heterocycles. The predicted molar refractivity (Wildman–Crippen MR) is 58.7 cm³/mol. The molecule has 2 aromatic heterocycles. The van der Waals surface area contributed by atoms with Gasteiger partial charge in [0.25, 0.3) is 5.78 Å². The first-order valence-corrected chi connectivity index (χ1v) is 5.25. The van der Waals surface area contributed by atoms with Crippen LogP contribution < -0.4 is 0 Å². The Kier molecular flexibility index (Phi) is 2.14. The van der Waals surface area contributed by atoms with Gasteiger partial charge < -0.3 is 0 Å². The monoisotopic (exact) mass is 387 g/mol. The standard InChI is InChI=1S/C5H3I2N5/c1-2-8-4(7)12-5(9-2)10-3(6)11-12/h1H3. The van der Waals surface area contributed by atoms with Crippen molar-refractivity contribution < 1.29 is 0 Å². The molecule has 0 atom stereocenters. The third kappa shape index (κ3) is 1.39. The smallest absolute Gasteiger partial charge is 0.208 e. The lowest BCUT2D eigenvalue weighted by Gasteiger charge is -1.94. The molecule has 12 heavy (non-hydrogen) atoms. The van der Waals surface area contributed by atoms with E-state index in [1.54, 1.807) is 4.52 Å². The molecule has 0 aliphatic rings. The molecule has 2 rings (SSSR count). The normalized spacial score (nSPS) is 10.9. The molecule has 0 bridgehead atoms. The third-order valence-corrected chi connectivity index (χ3v) is 2.41. The summed E-state index contributed by atoms with van der Waals surface area (Å²) >= 11 is 4.15. The van der Waals surface area contributed by atoms with Crippen molar-refractivity contribution in [3.8, 4) is 0 Å². The van der Waals surface area contributed by atoms with Crippen LogP contribution in [0.3, 0.4) is 0 Å². The Balaban J connectivity index is 2.88. The van der Waals surface area contributed by atoms with E-state index in [0.717, 1.165) is 9.66 Å². The number of rotatable bonds is 0. The Morgan fingerprint density at radius 1 is 1.17 bits per heavy atom. The van der Waals surface area contributed by atoms with Gasteiger partial charge in [-0.1, -0.05) is 0 Å². The molecule has 0 aliphatic carbocycles. The topological polar surface area (TPSA) is 56.0 Å². The van der Waals surface area contributed by atoms with E-state index in [-0.39, 0.29) is 0 Å². The lowest BCUT2D eigenvalue weighted by atomic mass is 10.7. The number of hydrogen-bond donors (Lipinski definition) is 0. The van der Waals surface area contributed by atoms with Gasteiger partial charge in [0, 0.05) is 45.2 Å². The van der Waals surface area contributed by atoms with Crippen molar-refractivity contribution in [3.05, 3.63) is 13.5 Å². The number of hydrogen-bond acceptors (Lipinski definition) is 4. The number of aryl methyl sites for hydroxylation is 1. The molecule has 0 spiro atoms. The molecular formula is C5H3I2N5. The van der Waals surface area contributed by atoms with Crippen LogP contribution in [-0.4, -0.2) is 24.6 Å². The van der Waals surface area contributed by atoms with Crippen LogP contribution in [-0.2, 0) is 0 Å². The van der Waals surface area contributed by atoms with Crippen LogP contribution in [0, 0.1) is 14.6 Å². The quantitative estimate of drug-likeness (QED) is 0.635. The van der Waals surface area contributed by atoms with Crippen molar-refractivity contribution in [1.29, 1.82) is 0 Å². The highest BCUT2D eigenvalue weighted by atomic mass is 127. The SMILES string of the molecule is Cc1nc(I)n2nc(I)nc2n1. The van der Waals surface area contributed by atoms with E-state index in [0.29, 0.717) is 9.61 Å². The van der Waals surface area contributed by atoms with Crippen molar-refractivity contribution in [2.45, 2.75) is 6.92 Å². The van der Waals surface area contributed by atoms with Gasteiger partial charge in [0.15, 0.2) is 3.83 Å². The van der Waals surface area contributed by atoms with Gasteiger partial charge >= 0.3 is 0 Å². The van der Waals surface area contributed by atoms with Crippen LogP contribution >= 0.6 is 45.2 Å². The molecule has 0 amide bonds. The fourth-order valence-electron chi connectivity index (χ4n) is 0.826. The highest BCUT2D eigenvalue weighted by Crippen LogP contribution is 2.05. The Morgan fingerprint density at radius 2 is 1.92 bits per heavy atom. The molecule has 2 aromatic rings. The fourth-order valence-corrected chi connectivity index (χ4v) is 1.93. The molecule has 5 nitrogen and oxygen atoms in total. The van der Waals surface area contributed by atoms with Crippen molar-refractivity contribution in [1.82, 2.24) is 24.6 Å². The second kappa shape index (κ2) is 3.01. The highest BCUT2D eigenvalue weighted by molar-refractivity contribution is 14.1. The van der Waals surface area contributed by atoms with Crippen molar-refractivity contribution in [2.24, 2.45) is 0 Å². The van der Waals surface area contributed by atoms with Gasteiger partial charge in [-0.3, -0.25) is 0 Å². The van der Waals surface area contributed by atoms with Gasteiger partial charge in [0.05, 0.1) is 0 Å². The summed E-state index contributed by atoms with van der Waals surface area (Å²) in [5, 5.41) is 4.11. The first-order chi connectivity index (χ1) is 5.66. The van der Waals surface area contributed by atoms with Crippen LogP contribution in [0.1, 0.15) is 5.82 Å². The molecule has 0 unspecified atom stereocenters. The summed E-state index contributed by atoms with van der Waals surface area (Å²) < 4.78 is 3.09. The van der Waals surface area contributed by atoms with E-state index in [2.05, 4.69) is 42.6 Å². The summed E-state index contributed by atoms with van der Waals surface area (Å²) in [7, 11) is 0. The molecule has 0 aliphatic heterocycles. The molecule has 0 N–H and O–H groups in total. The summed E-state index contributed by atoms with van der Waals surface area (Å²) in [4.78, 5) is 12.4. The molecule has 0 saturated carbocycles. The molecule has 7 heteroatoms. The summed E-state index contributed by atoms with van der Waals surface area (Å²) in [6.45, 7) is 1.84. The largest absolute Gasteiger partial charge is 0.257 e. The highest BCUT2D eigenvalue weighted by Gasteiger charge is 2.06. The Bertz CT molecular complexity index is 437. The zero-order valence-electron chi connectivity index (χ0n) is 5.99. The van der Waals surface area contributed by atoms with Crippen LogP contribution in [0.2, 0.25) is 0 Å². The molecule has 0 fully saturated rings. The second-order valence-electron chi connectivity index (χ2n) is 2.13. The van der Waals surface area contributed by atoms with Crippen molar-refractivity contribution in [2.75, 3.05) is 0 Å². The van der Waals surface area contributed by atoms with E-state index < -0.39 is 0 Å². The first-order valence-electron chi connectivity index (χ1n) is 3.09. The van der Waals surface area contributed by atoms with Crippen LogP contribution in [0.25, 0.3) is 5.78 Å². The maximum absolute atomic E-state index is 4.15. The van der Waals surface area contributed by atoms with E-state index in [1.807, 2.05) is 29.5 Å². The molecular weight excluding hydrogens is 384 g/mol. The van der Waals surface area contributed by atoms with E-state index in [9.17, 15) is 0 Å². The van der Waals surface area contributed by atoms with Gasteiger partial charge in [-0.15, -0.1) is 5.10 Å². The van der Waals surface area contributed by atoms with Crippen molar-refractivity contribution >= 4 is 51.0 Å². The van der Waals surface area contributed by atoms with Crippen LogP contribution in [0.5, 0.6) is 0 Å². The van der Waals surface area contributed by atoms with Crippen LogP contribution in [0.15, 0.2) is 0 Å². The zero-order valence-corrected chi connectivity index (χ0v) is 10.3. The number of nitrogens with zero attached hydrogens (tertiary/aromatic N) is 5. The number of fused-ring (bicyclic) bond motifs is 1. The Morgan fingerprint density at radius 3 is 2.67 bits per heavy atom. The van der Waals surface area contributed by atoms with Gasteiger partial charge in [-0.2, -0.15) is 14.5 Å². The molecule has 62 valence electrons. The van der Waals surface area contributed by atoms with E-state index in [1.165, 1.54) is 0 Å². The number of halogens is 2. The van der Waals surface area contributed by atoms with E-state index >= 15 is 0 Å². The molecule has 0 aromatic carbocycles. The maximum Gasteiger partial charge on any atom is 0.257 e. The minimum atomic E-state index is 0.608. The van der Waals surface area contributed by atoms with Gasteiger partial charge in [-0.25, -0.2) is 4.98 Å². The lowest BCUT2D eigenvalue weighted by Crippen LogP contribution is -2.01. The van der Waals surface area contributed by atoms with Crippen molar-refractivity contribution in [3.63, 3.8) is 0 Å². The maximum atomic E-state index is 4.15. The second-order valence-corrected chi connectivity index (χ2v) is 4.06. The number of aromatic nitrogens is 5. The van der Waals surface area contributed by atoms with E-state index in [4.69, 9.17) is 0 Å². The Labute approximate surface area is 95.3 Å². The average Bonchev–Trinajstić information content (AvgIpc) is 2.29. The fraction of sp³-hybridized carbons (Fsp3) is 0.200. The van der Waals surface area contributed by atoms with Gasteiger partial charge in [0.2, 0.25) is 3.83 Å². The minimum Gasteiger partial charge on any atom is -0.208 e. The predicted octanol–water partition coefficient (Wildman–Crippen LogP) is 1.04. The molecule has 2 heterocycles. The van der Waals surface area contributed by atoms with Gasteiger partial charge in [0.1, 0.15) is 5.82 Å². The minimum absolute atomic E-state index is 0.608. The Hall–Kier alpha value is -0.0600. The van der Waals surface area contributed by atoms with Gasteiger partial charge in [-0.05, 0) is 6.92 Å². The average molecular weight is 387 g/mol. The summed E-state index contributed by atoms with van der Waals surface area (Å²) in [6.07, 6.45) is 0. The summed E-state index contributed by atoms with van der Waals surface area (Å²) in [5.74, 6) is 1.33. The molecule has 0 radical (unpaired) electrons. The zero-order chi connectivity index (χ0) is 8.72. The van der Waals surface area contributed by atoms with Crippen LogP contribution in [0.4, 0.5) is 0 Å². The lowest BCUT2D eigenvalue weighted by molar-refractivity contribution is 0.827. The summed E-state index contributed by atoms with van der Waals surface area (Å²) in [5.41, 5.74) is 0. The summed E-state index contributed by atoms with van der Waals surface area (Å²) in [6, 6.07) is 0.